The topological polar surface area (TPSA) is 86.8 Å². The lowest BCUT2D eigenvalue weighted by molar-refractivity contribution is -0.140. The van der Waals surface area contributed by atoms with E-state index in [-0.39, 0.29) is 23.8 Å². The van der Waals surface area contributed by atoms with Gasteiger partial charge in [0.25, 0.3) is 10.0 Å². The normalized spacial score (nSPS) is 11.9. The summed E-state index contributed by atoms with van der Waals surface area (Å²) in [5.74, 6) is -0.803. The second kappa shape index (κ2) is 14.5. The van der Waals surface area contributed by atoms with Gasteiger partial charge in [-0.2, -0.15) is 0 Å². The molecular weight excluding hydrogens is 626 g/mol. The summed E-state index contributed by atoms with van der Waals surface area (Å²) in [6.45, 7) is 5.59. The molecule has 2 amide bonds. The van der Waals surface area contributed by atoms with Crippen molar-refractivity contribution in [3.05, 3.63) is 130 Å². The van der Waals surface area contributed by atoms with Gasteiger partial charge in [-0.15, -0.1) is 0 Å². The average molecular weight is 663 g/mol. The first kappa shape index (κ1) is 32.0. The van der Waals surface area contributed by atoms with E-state index in [1.807, 2.05) is 81.4 Å². The molecule has 0 heterocycles. The molecule has 0 spiro atoms. The van der Waals surface area contributed by atoms with E-state index < -0.39 is 28.5 Å². The first-order valence-corrected chi connectivity index (χ1v) is 16.3. The number of nitrogens with one attached hydrogen (secondary N) is 1. The van der Waals surface area contributed by atoms with Gasteiger partial charge in [-0.25, -0.2) is 8.42 Å². The van der Waals surface area contributed by atoms with Gasteiger partial charge in [0, 0.05) is 24.0 Å². The largest absolute Gasteiger partial charge is 0.355 e. The Bertz CT molecular complexity index is 1660. The first-order valence-electron chi connectivity index (χ1n) is 14.1. The quantitative estimate of drug-likeness (QED) is 0.201. The second-order valence-electron chi connectivity index (χ2n) is 10.4. The molecule has 1 atom stereocenters. The molecule has 0 bridgehead atoms. The number of rotatable bonds is 12. The summed E-state index contributed by atoms with van der Waals surface area (Å²) in [5.41, 5.74) is 3.82. The van der Waals surface area contributed by atoms with Crippen LogP contribution in [0.4, 0.5) is 5.69 Å². The third kappa shape index (κ3) is 8.33. The van der Waals surface area contributed by atoms with Crippen molar-refractivity contribution in [1.82, 2.24) is 10.2 Å². The van der Waals surface area contributed by atoms with Gasteiger partial charge in [0.15, 0.2) is 0 Å². The molecule has 1 N–H and O–H groups in total. The Balaban J connectivity index is 1.80. The van der Waals surface area contributed by atoms with Gasteiger partial charge >= 0.3 is 0 Å². The highest BCUT2D eigenvalue weighted by atomic mass is 79.9. The van der Waals surface area contributed by atoms with Crippen LogP contribution in [0.1, 0.15) is 29.2 Å². The third-order valence-corrected chi connectivity index (χ3v) is 9.32. The van der Waals surface area contributed by atoms with E-state index in [0.29, 0.717) is 12.2 Å². The monoisotopic (exact) mass is 661 g/mol. The SMILES string of the molecule is CCNC(=O)[C@H](Cc1ccccc1)N(Cc1cccc(Br)c1)C(=O)CN(c1cccc(C)c1)S(=O)(=O)c1ccc(C)cc1. The van der Waals surface area contributed by atoms with Gasteiger partial charge < -0.3 is 10.2 Å². The van der Waals surface area contributed by atoms with E-state index in [9.17, 15) is 18.0 Å². The number of sulfonamides is 1. The average Bonchev–Trinajstić information content (AvgIpc) is 2.98. The van der Waals surface area contributed by atoms with Crippen LogP contribution in [0, 0.1) is 13.8 Å². The fourth-order valence-electron chi connectivity index (χ4n) is 4.83. The van der Waals surface area contributed by atoms with Crippen LogP contribution in [0.25, 0.3) is 0 Å². The predicted octanol–water partition coefficient (Wildman–Crippen LogP) is 6.04. The van der Waals surface area contributed by atoms with Crippen LogP contribution < -0.4 is 9.62 Å². The summed E-state index contributed by atoms with van der Waals surface area (Å²) in [6, 6.07) is 29.7. The van der Waals surface area contributed by atoms with Crippen molar-refractivity contribution in [3.63, 3.8) is 0 Å². The maximum atomic E-state index is 14.4. The van der Waals surface area contributed by atoms with E-state index in [0.717, 1.165) is 31.0 Å². The van der Waals surface area contributed by atoms with Crippen LogP contribution in [-0.2, 0) is 32.6 Å². The van der Waals surface area contributed by atoms with Gasteiger partial charge in [-0.1, -0.05) is 88.2 Å². The molecule has 4 aromatic rings. The lowest BCUT2D eigenvalue weighted by Gasteiger charge is -2.34. The molecule has 7 nitrogen and oxygen atoms in total. The molecule has 0 radical (unpaired) electrons. The van der Waals surface area contributed by atoms with Crippen molar-refractivity contribution >= 4 is 43.5 Å². The fraction of sp³-hybridized carbons (Fsp3) is 0.235. The molecule has 0 unspecified atom stereocenters. The molecule has 0 aliphatic heterocycles. The van der Waals surface area contributed by atoms with Crippen molar-refractivity contribution in [2.24, 2.45) is 0 Å². The fourth-order valence-corrected chi connectivity index (χ4v) is 6.68. The molecular formula is C34H36BrN3O4S. The molecule has 0 aliphatic rings. The van der Waals surface area contributed by atoms with Gasteiger partial charge in [0.05, 0.1) is 10.6 Å². The smallest absolute Gasteiger partial charge is 0.264 e. The maximum absolute atomic E-state index is 14.4. The van der Waals surface area contributed by atoms with Gasteiger partial charge in [0.2, 0.25) is 11.8 Å². The number of hydrogen-bond acceptors (Lipinski definition) is 4. The Kier molecular flexibility index (Phi) is 10.8. The van der Waals surface area contributed by atoms with Crippen LogP contribution in [0.5, 0.6) is 0 Å². The number of benzene rings is 4. The Morgan fingerprint density at radius 1 is 0.814 bits per heavy atom. The van der Waals surface area contributed by atoms with Gasteiger partial charge in [-0.05, 0) is 73.9 Å². The number of anilines is 1. The summed E-state index contributed by atoms with van der Waals surface area (Å²) in [4.78, 5) is 29.5. The van der Waals surface area contributed by atoms with Gasteiger partial charge in [-0.3, -0.25) is 13.9 Å². The Morgan fingerprint density at radius 2 is 1.49 bits per heavy atom. The van der Waals surface area contributed by atoms with Crippen LogP contribution in [-0.4, -0.2) is 44.3 Å². The van der Waals surface area contributed by atoms with Crippen molar-refractivity contribution in [1.29, 1.82) is 0 Å². The number of halogens is 1. The Labute approximate surface area is 262 Å². The van der Waals surface area contributed by atoms with E-state index in [1.165, 1.54) is 4.90 Å². The molecule has 4 rings (SSSR count). The van der Waals surface area contributed by atoms with E-state index in [4.69, 9.17) is 0 Å². The molecule has 0 saturated heterocycles. The lowest BCUT2D eigenvalue weighted by atomic mass is 10.0. The number of hydrogen-bond donors (Lipinski definition) is 1. The number of carbonyl (C=O) groups excluding carboxylic acids is 2. The highest BCUT2D eigenvalue weighted by molar-refractivity contribution is 9.10. The minimum Gasteiger partial charge on any atom is -0.355 e. The molecule has 0 fully saturated rings. The summed E-state index contributed by atoms with van der Waals surface area (Å²) in [5, 5.41) is 2.88. The van der Waals surface area contributed by atoms with Crippen molar-refractivity contribution in [2.75, 3.05) is 17.4 Å². The molecule has 43 heavy (non-hydrogen) atoms. The second-order valence-corrected chi connectivity index (χ2v) is 13.2. The molecule has 4 aromatic carbocycles. The number of carbonyl (C=O) groups is 2. The zero-order chi connectivity index (χ0) is 31.0. The van der Waals surface area contributed by atoms with Crippen molar-refractivity contribution in [3.8, 4) is 0 Å². The maximum Gasteiger partial charge on any atom is 0.264 e. The molecule has 9 heteroatoms. The zero-order valence-electron chi connectivity index (χ0n) is 24.5. The Morgan fingerprint density at radius 3 is 2.14 bits per heavy atom. The van der Waals surface area contributed by atoms with E-state index in [2.05, 4.69) is 21.2 Å². The summed E-state index contributed by atoms with van der Waals surface area (Å²) < 4.78 is 30.1. The van der Waals surface area contributed by atoms with E-state index >= 15 is 0 Å². The standard InChI is InChI=1S/C34H36BrN3O4S/c1-4-36-34(40)32(22-27-11-6-5-7-12-27)37(23-28-13-9-14-29(35)21-28)33(39)24-38(30-15-8-10-26(3)20-30)43(41,42)31-18-16-25(2)17-19-31/h5-21,32H,4,22-24H2,1-3H3,(H,36,40)/t32-/m0/s1. The Hall–Kier alpha value is -3.95. The summed E-state index contributed by atoms with van der Waals surface area (Å²) in [6.07, 6.45) is 0.265. The van der Waals surface area contributed by atoms with Crippen LogP contribution >= 0.6 is 15.9 Å². The van der Waals surface area contributed by atoms with Crippen LogP contribution in [0.2, 0.25) is 0 Å². The molecule has 224 valence electrons. The number of nitrogens with zero attached hydrogens (tertiary/aromatic N) is 2. The number of likely N-dealkylation sites (N-methyl/N-ethyl adjacent to an activating group) is 1. The lowest BCUT2D eigenvalue weighted by Crippen LogP contribution is -2.53. The van der Waals surface area contributed by atoms with Crippen molar-refractivity contribution in [2.45, 2.75) is 44.7 Å². The van der Waals surface area contributed by atoms with Crippen LogP contribution in [0.15, 0.2) is 112 Å². The summed E-state index contributed by atoms with van der Waals surface area (Å²) in [7, 11) is -4.13. The van der Waals surface area contributed by atoms with Crippen LogP contribution in [0.3, 0.4) is 0 Å². The zero-order valence-corrected chi connectivity index (χ0v) is 26.9. The number of aryl methyl sites for hydroxylation is 2. The summed E-state index contributed by atoms with van der Waals surface area (Å²) >= 11 is 3.50. The minimum atomic E-state index is -4.13. The highest BCUT2D eigenvalue weighted by Crippen LogP contribution is 2.26. The minimum absolute atomic E-state index is 0.0792. The van der Waals surface area contributed by atoms with Crippen molar-refractivity contribution < 1.29 is 18.0 Å². The molecule has 0 saturated carbocycles. The third-order valence-electron chi connectivity index (χ3n) is 7.04. The first-order chi connectivity index (χ1) is 20.6. The predicted molar refractivity (Wildman–Crippen MR) is 174 cm³/mol. The molecule has 0 aliphatic carbocycles. The van der Waals surface area contributed by atoms with E-state index in [1.54, 1.807) is 42.5 Å². The van der Waals surface area contributed by atoms with Gasteiger partial charge in [0.1, 0.15) is 12.6 Å². The number of amides is 2. The molecule has 0 aromatic heterocycles. The highest BCUT2D eigenvalue weighted by Gasteiger charge is 2.34.